The molecule has 0 saturated heterocycles. The van der Waals surface area contributed by atoms with Crippen molar-refractivity contribution >= 4 is 6.21 Å². The highest BCUT2D eigenvalue weighted by Crippen LogP contribution is 2.22. The first-order valence-corrected chi connectivity index (χ1v) is 4.19. The minimum atomic E-state index is 0.230. The molecule has 11 heavy (non-hydrogen) atoms. The van der Waals surface area contributed by atoms with E-state index in [1.165, 1.54) is 5.57 Å². The Morgan fingerprint density at radius 1 is 1.36 bits per heavy atom. The van der Waals surface area contributed by atoms with Gasteiger partial charge in [-0.1, -0.05) is 26.8 Å². The van der Waals surface area contributed by atoms with Gasteiger partial charge in [0.05, 0.1) is 0 Å². The van der Waals surface area contributed by atoms with Crippen LogP contribution in [0.1, 0.15) is 34.6 Å². The summed E-state index contributed by atoms with van der Waals surface area (Å²) in [7, 11) is 0. The third-order valence-electron chi connectivity index (χ3n) is 1.59. The third-order valence-corrected chi connectivity index (χ3v) is 1.59. The van der Waals surface area contributed by atoms with Crippen LogP contribution in [0.15, 0.2) is 16.6 Å². The van der Waals surface area contributed by atoms with E-state index in [2.05, 4.69) is 38.8 Å². The monoisotopic (exact) mass is 153 g/mol. The van der Waals surface area contributed by atoms with Crippen LogP contribution in [-0.2, 0) is 0 Å². The molecule has 0 bridgehead atoms. The fraction of sp³-hybridized carbons (Fsp3) is 0.700. The Morgan fingerprint density at radius 3 is 2.18 bits per heavy atom. The molecule has 0 aromatic rings. The zero-order chi connectivity index (χ0) is 8.91. The molecule has 0 aromatic heterocycles. The first kappa shape index (κ1) is 10.4. The van der Waals surface area contributed by atoms with Gasteiger partial charge in [0, 0.05) is 12.8 Å². The first-order chi connectivity index (χ1) is 5.02. The van der Waals surface area contributed by atoms with Crippen LogP contribution >= 0.6 is 0 Å². The molecular formula is C10H19N. The second-order valence-corrected chi connectivity index (χ2v) is 3.62. The van der Waals surface area contributed by atoms with E-state index in [0.717, 1.165) is 6.54 Å². The molecule has 0 heterocycles. The zero-order valence-corrected chi connectivity index (χ0v) is 8.31. The van der Waals surface area contributed by atoms with Gasteiger partial charge in [-0.2, -0.15) is 0 Å². The predicted molar refractivity (Wildman–Crippen MR) is 52.2 cm³/mol. The van der Waals surface area contributed by atoms with Gasteiger partial charge in [0.1, 0.15) is 0 Å². The van der Waals surface area contributed by atoms with Gasteiger partial charge in [-0.25, -0.2) is 0 Å². The minimum Gasteiger partial charge on any atom is -0.293 e. The van der Waals surface area contributed by atoms with Crippen molar-refractivity contribution in [1.82, 2.24) is 0 Å². The second kappa shape index (κ2) is 4.32. The van der Waals surface area contributed by atoms with Crippen molar-refractivity contribution in [3.8, 4) is 0 Å². The maximum Gasteiger partial charge on any atom is 0.0361 e. The predicted octanol–water partition coefficient (Wildman–Crippen LogP) is 3.07. The zero-order valence-electron chi connectivity index (χ0n) is 8.31. The van der Waals surface area contributed by atoms with E-state index in [0.29, 0.717) is 0 Å². The summed E-state index contributed by atoms with van der Waals surface area (Å²) in [4.78, 5) is 4.22. The number of allylic oxidation sites excluding steroid dienone is 2. The van der Waals surface area contributed by atoms with E-state index in [1.54, 1.807) is 0 Å². The van der Waals surface area contributed by atoms with E-state index in [-0.39, 0.29) is 5.41 Å². The van der Waals surface area contributed by atoms with Crippen molar-refractivity contribution in [2.75, 3.05) is 6.54 Å². The summed E-state index contributed by atoms with van der Waals surface area (Å²) in [6.45, 7) is 11.6. The molecule has 0 aliphatic heterocycles. The number of hydrogen-bond donors (Lipinski definition) is 0. The molecule has 0 aromatic carbocycles. The fourth-order valence-corrected chi connectivity index (χ4v) is 0.891. The summed E-state index contributed by atoms with van der Waals surface area (Å²) < 4.78 is 0. The maximum atomic E-state index is 4.22. The Bertz CT molecular complexity index is 158. The molecule has 0 radical (unpaired) electrons. The third kappa shape index (κ3) is 3.97. The van der Waals surface area contributed by atoms with Crippen LogP contribution in [0.2, 0.25) is 0 Å². The molecule has 0 rings (SSSR count). The molecule has 0 spiro atoms. The number of rotatable bonds is 2. The average Bonchev–Trinajstić information content (AvgIpc) is 1.87. The van der Waals surface area contributed by atoms with Gasteiger partial charge in [-0.05, 0) is 24.8 Å². The normalized spacial score (nSPS) is 14.5. The van der Waals surface area contributed by atoms with Crippen molar-refractivity contribution in [3.05, 3.63) is 11.6 Å². The lowest BCUT2D eigenvalue weighted by molar-refractivity contribution is 0.525. The largest absolute Gasteiger partial charge is 0.293 e. The topological polar surface area (TPSA) is 12.4 Å². The molecule has 1 heteroatoms. The van der Waals surface area contributed by atoms with Crippen LogP contribution in [0.3, 0.4) is 0 Å². The van der Waals surface area contributed by atoms with Gasteiger partial charge in [-0.3, -0.25) is 4.99 Å². The molecule has 0 N–H and O–H groups in total. The smallest absolute Gasteiger partial charge is 0.0361 e. The minimum absolute atomic E-state index is 0.230. The Balaban J connectivity index is 4.33. The second-order valence-electron chi connectivity index (χ2n) is 3.62. The molecule has 0 unspecified atom stereocenters. The van der Waals surface area contributed by atoms with Gasteiger partial charge < -0.3 is 0 Å². The van der Waals surface area contributed by atoms with E-state index in [1.807, 2.05) is 13.1 Å². The van der Waals surface area contributed by atoms with E-state index < -0.39 is 0 Å². The lowest BCUT2D eigenvalue weighted by Crippen LogP contribution is -2.10. The Labute approximate surface area is 70.2 Å². The quantitative estimate of drug-likeness (QED) is 0.541. The molecule has 0 aliphatic rings. The molecule has 0 atom stereocenters. The molecular weight excluding hydrogens is 134 g/mol. The van der Waals surface area contributed by atoms with Crippen LogP contribution in [0.5, 0.6) is 0 Å². The van der Waals surface area contributed by atoms with Crippen LogP contribution in [-0.4, -0.2) is 12.8 Å². The van der Waals surface area contributed by atoms with Crippen LogP contribution in [0.25, 0.3) is 0 Å². The Morgan fingerprint density at radius 2 is 1.91 bits per heavy atom. The maximum absolute atomic E-state index is 4.22. The van der Waals surface area contributed by atoms with Crippen molar-refractivity contribution < 1.29 is 0 Å². The van der Waals surface area contributed by atoms with Gasteiger partial charge in [0.25, 0.3) is 0 Å². The van der Waals surface area contributed by atoms with Crippen molar-refractivity contribution in [2.24, 2.45) is 10.4 Å². The van der Waals surface area contributed by atoms with Crippen LogP contribution < -0.4 is 0 Å². The summed E-state index contributed by atoms with van der Waals surface area (Å²) in [5.74, 6) is 0. The van der Waals surface area contributed by atoms with Gasteiger partial charge in [-0.15, -0.1) is 0 Å². The molecule has 0 aliphatic carbocycles. The highest BCUT2D eigenvalue weighted by molar-refractivity contribution is 5.79. The van der Waals surface area contributed by atoms with E-state index >= 15 is 0 Å². The number of aliphatic imine (C=N–C) groups is 1. The molecule has 0 saturated carbocycles. The molecule has 0 fully saturated rings. The van der Waals surface area contributed by atoms with E-state index in [4.69, 9.17) is 0 Å². The van der Waals surface area contributed by atoms with E-state index in [9.17, 15) is 0 Å². The summed E-state index contributed by atoms with van der Waals surface area (Å²) in [5, 5.41) is 0. The Hall–Kier alpha value is -0.590. The lowest BCUT2D eigenvalue weighted by atomic mass is 9.87. The standard InChI is InChI=1S/C10H19N/c1-6-9(8-11-7-2)10(3,4)5/h6,8H,7H2,1-5H3/b9-6+,11-8-. The molecule has 0 amide bonds. The van der Waals surface area contributed by atoms with Crippen LogP contribution in [0, 0.1) is 5.41 Å². The average molecular weight is 153 g/mol. The SMILES string of the molecule is C/C=C(\C=N/CC)C(C)(C)C. The van der Waals surface area contributed by atoms with Gasteiger partial charge in [0.2, 0.25) is 0 Å². The van der Waals surface area contributed by atoms with Gasteiger partial charge >= 0.3 is 0 Å². The summed E-state index contributed by atoms with van der Waals surface area (Å²) in [6.07, 6.45) is 4.10. The number of nitrogens with zero attached hydrogens (tertiary/aromatic N) is 1. The highest BCUT2D eigenvalue weighted by atomic mass is 14.7. The van der Waals surface area contributed by atoms with Crippen molar-refractivity contribution in [3.63, 3.8) is 0 Å². The Kier molecular flexibility index (Phi) is 4.09. The van der Waals surface area contributed by atoms with Crippen LogP contribution in [0.4, 0.5) is 0 Å². The summed E-state index contributed by atoms with van der Waals surface area (Å²) >= 11 is 0. The van der Waals surface area contributed by atoms with Crippen molar-refractivity contribution in [2.45, 2.75) is 34.6 Å². The first-order valence-electron chi connectivity index (χ1n) is 4.19. The molecule has 64 valence electrons. The fourth-order valence-electron chi connectivity index (χ4n) is 0.891. The lowest BCUT2D eigenvalue weighted by Gasteiger charge is -2.18. The number of hydrogen-bond acceptors (Lipinski definition) is 1. The van der Waals surface area contributed by atoms with Crippen molar-refractivity contribution in [1.29, 1.82) is 0 Å². The highest BCUT2D eigenvalue weighted by Gasteiger charge is 2.13. The summed E-state index contributed by atoms with van der Waals surface area (Å²) in [6, 6.07) is 0. The summed E-state index contributed by atoms with van der Waals surface area (Å²) in [5.41, 5.74) is 1.53. The van der Waals surface area contributed by atoms with Gasteiger partial charge in [0.15, 0.2) is 0 Å². The molecule has 1 nitrogen and oxygen atoms in total.